The second-order valence-electron chi connectivity index (χ2n) is 10.2. The van der Waals surface area contributed by atoms with Crippen LogP contribution in [0.4, 0.5) is 0 Å². The predicted octanol–water partition coefficient (Wildman–Crippen LogP) is 7.58. The van der Waals surface area contributed by atoms with Crippen molar-refractivity contribution in [2.24, 2.45) is 35.5 Å². The Bertz CT molecular complexity index is 518. The first-order valence-corrected chi connectivity index (χ1v) is 13.8. The molecule has 0 aromatic rings. The van der Waals surface area contributed by atoms with Crippen molar-refractivity contribution in [3.05, 3.63) is 0 Å². The maximum Gasteiger partial charge on any atom is 0.310 e. The molecule has 0 bridgehead atoms. The summed E-state index contributed by atoms with van der Waals surface area (Å²) in [6.45, 7) is 13.9. The van der Waals surface area contributed by atoms with Crippen LogP contribution in [0.2, 0.25) is 0 Å². The van der Waals surface area contributed by atoms with Gasteiger partial charge in [-0.2, -0.15) is 0 Å². The van der Waals surface area contributed by atoms with Crippen molar-refractivity contribution in [1.82, 2.24) is 0 Å². The smallest absolute Gasteiger partial charge is 0.310 e. The maximum absolute atomic E-state index is 13.3. The Kier molecular flexibility index (Phi) is 15.0. The molecule has 6 unspecified atom stereocenters. The fourth-order valence-corrected chi connectivity index (χ4v) is 5.28. The molecular weight excluding hydrogens is 400 g/mol. The van der Waals surface area contributed by atoms with E-state index < -0.39 is 0 Å². The highest BCUT2D eigenvalue weighted by molar-refractivity contribution is 5.83. The number of ether oxygens (including phenoxy) is 2. The molecule has 4 nitrogen and oxygen atoms in total. The van der Waals surface area contributed by atoms with Gasteiger partial charge in [0.05, 0.1) is 25.0 Å². The van der Waals surface area contributed by atoms with Crippen LogP contribution in [0.1, 0.15) is 119 Å². The summed E-state index contributed by atoms with van der Waals surface area (Å²) in [6.07, 6.45) is 12.9. The Hall–Kier alpha value is -1.06. The van der Waals surface area contributed by atoms with Crippen LogP contribution in [0.5, 0.6) is 0 Å². The van der Waals surface area contributed by atoms with E-state index in [1.54, 1.807) is 0 Å². The molecule has 188 valence electrons. The standard InChI is InChI=1S/C28H52O4/c1-7-12-15-22(10-4)19-31-27(29)25-21(6)17-18-24(14-9-3)26(25)28(30)32-20-23(11-5)16-13-8-2/h21-26H,7-20H2,1-6H3. The van der Waals surface area contributed by atoms with Crippen LogP contribution in [0.3, 0.4) is 0 Å². The number of hydrogen-bond donors (Lipinski definition) is 0. The largest absolute Gasteiger partial charge is 0.465 e. The van der Waals surface area contributed by atoms with Crippen molar-refractivity contribution in [2.45, 2.75) is 119 Å². The van der Waals surface area contributed by atoms with Crippen molar-refractivity contribution >= 4 is 11.9 Å². The Morgan fingerprint density at radius 3 is 1.69 bits per heavy atom. The molecule has 0 aromatic carbocycles. The molecule has 32 heavy (non-hydrogen) atoms. The summed E-state index contributed by atoms with van der Waals surface area (Å²) in [5.41, 5.74) is 0. The number of rotatable bonds is 16. The molecular formula is C28H52O4. The third kappa shape index (κ3) is 9.43. The predicted molar refractivity (Wildman–Crippen MR) is 132 cm³/mol. The molecule has 1 aliphatic rings. The number of esters is 2. The minimum absolute atomic E-state index is 0.158. The lowest BCUT2D eigenvalue weighted by atomic mass is 9.66. The summed E-state index contributed by atoms with van der Waals surface area (Å²) in [4.78, 5) is 26.6. The van der Waals surface area contributed by atoms with Crippen LogP contribution in [0.25, 0.3) is 0 Å². The van der Waals surface area contributed by atoms with Gasteiger partial charge in [-0.1, -0.05) is 86.5 Å². The van der Waals surface area contributed by atoms with E-state index in [0.717, 1.165) is 64.2 Å². The number of unbranched alkanes of at least 4 members (excludes halogenated alkanes) is 2. The highest BCUT2D eigenvalue weighted by Crippen LogP contribution is 2.42. The molecule has 0 N–H and O–H groups in total. The minimum Gasteiger partial charge on any atom is -0.465 e. The van der Waals surface area contributed by atoms with E-state index in [-0.39, 0.29) is 35.6 Å². The Labute approximate surface area is 198 Å². The van der Waals surface area contributed by atoms with E-state index in [0.29, 0.717) is 25.0 Å². The Morgan fingerprint density at radius 2 is 1.25 bits per heavy atom. The molecule has 0 amide bonds. The summed E-state index contributed by atoms with van der Waals surface area (Å²) in [5.74, 6) is 0.151. The van der Waals surface area contributed by atoms with Gasteiger partial charge in [0.15, 0.2) is 0 Å². The first-order valence-electron chi connectivity index (χ1n) is 13.8. The summed E-state index contributed by atoms with van der Waals surface area (Å²) in [6, 6.07) is 0. The second kappa shape index (κ2) is 16.5. The molecule has 0 spiro atoms. The van der Waals surface area contributed by atoms with Crippen molar-refractivity contribution in [2.75, 3.05) is 13.2 Å². The van der Waals surface area contributed by atoms with E-state index in [4.69, 9.17) is 9.47 Å². The lowest BCUT2D eigenvalue weighted by Gasteiger charge is -2.39. The van der Waals surface area contributed by atoms with Crippen molar-refractivity contribution < 1.29 is 19.1 Å². The van der Waals surface area contributed by atoms with Gasteiger partial charge in [-0.25, -0.2) is 0 Å². The highest BCUT2D eigenvalue weighted by Gasteiger charge is 2.47. The quantitative estimate of drug-likeness (QED) is 0.226. The van der Waals surface area contributed by atoms with Gasteiger partial charge in [0, 0.05) is 0 Å². The Morgan fingerprint density at radius 1 is 0.750 bits per heavy atom. The van der Waals surface area contributed by atoms with E-state index >= 15 is 0 Å². The third-order valence-electron chi connectivity index (χ3n) is 7.71. The van der Waals surface area contributed by atoms with E-state index in [9.17, 15) is 9.59 Å². The lowest BCUT2D eigenvalue weighted by molar-refractivity contribution is -0.170. The molecule has 0 heterocycles. The fraction of sp³-hybridized carbons (Fsp3) is 0.929. The third-order valence-corrected chi connectivity index (χ3v) is 7.71. The van der Waals surface area contributed by atoms with Gasteiger partial charge in [0.2, 0.25) is 0 Å². The minimum atomic E-state index is -0.368. The molecule has 0 saturated heterocycles. The molecule has 1 rings (SSSR count). The molecule has 0 aromatic heterocycles. The van der Waals surface area contributed by atoms with Crippen LogP contribution in [0.15, 0.2) is 0 Å². The van der Waals surface area contributed by atoms with Gasteiger partial charge >= 0.3 is 11.9 Å². The SMILES string of the molecule is CCCCC(CC)COC(=O)C1C(C)CCC(CCC)C1C(=O)OCC(CC)CCCC. The van der Waals surface area contributed by atoms with Gasteiger partial charge in [-0.3, -0.25) is 9.59 Å². The summed E-state index contributed by atoms with van der Waals surface area (Å²) < 4.78 is 11.8. The van der Waals surface area contributed by atoms with Crippen LogP contribution in [0, 0.1) is 35.5 Å². The van der Waals surface area contributed by atoms with Crippen LogP contribution >= 0.6 is 0 Å². The van der Waals surface area contributed by atoms with Crippen LogP contribution < -0.4 is 0 Å². The average Bonchev–Trinajstić information content (AvgIpc) is 2.80. The van der Waals surface area contributed by atoms with Crippen molar-refractivity contribution in [3.63, 3.8) is 0 Å². The van der Waals surface area contributed by atoms with Crippen LogP contribution in [-0.4, -0.2) is 25.2 Å². The van der Waals surface area contributed by atoms with Crippen molar-refractivity contribution in [3.8, 4) is 0 Å². The van der Waals surface area contributed by atoms with Crippen molar-refractivity contribution in [1.29, 1.82) is 0 Å². The summed E-state index contributed by atoms with van der Waals surface area (Å²) >= 11 is 0. The van der Waals surface area contributed by atoms with E-state index in [1.165, 1.54) is 12.8 Å². The normalized spacial score (nSPS) is 25.2. The lowest BCUT2D eigenvalue weighted by Crippen LogP contribution is -2.44. The maximum atomic E-state index is 13.3. The topological polar surface area (TPSA) is 52.6 Å². The van der Waals surface area contributed by atoms with E-state index in [2.05, 4.69) is 41.5 Å². The highest BCUT2D eigenvalue weighted by atomic mass is 16.5. The van der Waals surface area contributed by atoms with E-state index in [1.807, 2.05) is 0 Å². The summed E-state index contributed by atoms with van der Waals surface area (Å²) in [7, 11) is 0. The Balaban J connectivity index is 2.88. The number of carbonyl (C=O) groups is 2. The van der Waals surface area contributed by atoms with Gasteiger partial charge in [0.25, 0.3) is 0 Å². The molecule has 0 aliphatic heterocycles. The first kappa shape index (κ1) is 29.0. The number of hydrogen-bond acceptors (Lipinski definition) is 4. The second-order valence-corrected chi connectivity index (χ2v) is 10.2. The zero-order valence-corrected chi connectivity index (χ0v) is 22.0. The van der Waals surface area contributed by atoms with Gasteiger partial charge in [-0.15, -0.1) is 0 Å². The van der Waals surface area contributed by atoms with Gasteiger partial charge in [0.1, 0.15) is 0 Å². The average molecular weight is 453 g/mol. The van der Waals surface area contributed by atoms with Gasteiger partial charge < -0.3 is 9.47 Å². The molecule has 4 heteroatoms. The fourth-order valence-electron chi connectivity index (χ4n) is 5.28. The number of carbonyl (C=O) groups excluding carboxylic acids is 2. The van der Waals surface area contributed by atoms with Crippen LogP contribution in [-0.2, 0) is 19.1 Å². The first-order chi connectivity index (χ1) is 15.4. The molecule has 0 radical (unpaired) electrons. The monoisotopic (exact) mass is 452 g/mol. The summed E-state index contributed by atoms with van der Waals surface area (Å²) in [5, 5.41) is 0. The molecule has 6 atom stereocenters. The van der Waals surface area contributed by atoms with Gasteiger partial charge in [-0.05, 0) is 55.8 Å². The molecule has 1 fully saturated rings. The zero-order valence-electron chi connectivity index (χ0n) is 22.0. The molecule has 1 saturated carbocycles. The molecule has 1 aliphatic carbocycles. The zero-order chi connectivity index (χ0) is 23.9.